The molecule has 1 aliphatic carbocycles. The van der Waals surface area contributed by atoms with Crippen LogP contribution in [0.3, 0.4) is 0 Å². The Hall–Kier alpha value is -1.26. The van der Waals surface area contributed by atoms with Crippen LogP contribution in [-0.2, 0) is 4.74 Å². The van der Waals surface area contributed by atoms with Gasteiger partial charge in [-0.05, 0) is 25.0 Å². The molecule has 20 heavy (non-hydrogen) atoms. The van der Waals surface area contributed by atoms with Crippen LogP contribution in [0.25, 0.3) is 0 Å². The molecule has 3 unspecified atom stereocenters. The lowest BCUT2D eigenvalue weighted by Gasteiger charge is -2.41. The number of rotatable bonds is 8. The molecule has 2 rings (SSSR count). The maximum atomic E-state index is 9.76. The zero-order valence-corrected chi connectivity index (χ0v) is 12.2. The fraction of sp³-hybridized carbons (Fsp3) is 0.625. The maximum absolute atomic E-state index is 9.76. The molecule has 4 nitrogen and oxygen atoms in total. The van der Waals surface area contributed by atoms with E-state index < -0.39 is 6.10 Å². The topological polar surface area (TPSA) is 47.9 Å². The first-order valence-corrected chi connectivity index (χ1v) is 7.44. The van der Waals surface area contributed by atoms with Crippen molar-refractivity contribution in [2.75, 3.05) is 13.2 Å². The number of para-hydroxylation sites is 2. The number of ether oxygens (including phenoxy) is 3. The smallest absolute Gasteiger partial charge is 0.161 e. The molecule has 0 radical (unpaired) electrons. The van der Waals surface area contributed by atoms with Crippen molar-refractivity contribution in [2.45, 2.75) is 51.4 Å². The highest BCUT2D eigenvalue weighted by atomic mass is 16.6. The van der Waals surface area contributed by atoms with Crippen LogP contribution in [0.4, 0.5) is 0 Å². The van der Waals surface area contributed by atoms with Crippen molar-refractivity contribution < 1.29 is 19.3 Å². The summed E-state index contributed by atoms with van der Waals surface area (Å²) < 4.78 is 17.2. The number of aliphatic hydroxyl groups excluding tert-OH is 1. The van der Waals surface area contributed by atoms with Crippen LogP contribution in [0.1, 0.15) is 33.1 Å². The van der Waals surface area contributed by atoms with Crippen LogP contribution < -0.4 is 9.47 Å². The van der Waals surface area contributed by atoms with E-state index in [1.807, 2.05) is 24.3 Å². The molecular formula is C16H24O4. The molecule has 1 aliphatic rings. The van der Waals surface area contributed by atoms with E-state index >= 15 is 0 Å². The van der Waals surface area contributed by atoms with Crippen molar-refractivity contribution in [3.8, 4) is 11.5 Å². The van der Waals surface area contributed by atoms with Crippen molar-refractivity contribution in [3.63, 3.8) is 0 Å². The first kappa shape index (κ1) is 15.1. The summed E-state index contributed by atoms with van der Waals surface area (Å²) >= 11 is 0. The summed E-state index contributed by atoms with van der Waals surface area (Å²) in [6.07, 6.45) is 1.76. The van der Waals surface area contributed by atoms with Gasteiger partial charge in [0.05, 0.1) is 12.7 Å². The second-order valence-electron chi connectivity index (χ2n) is 5.09. The van der Waals surface area contributed by atoms with Gasteiger partial charge in [0.25, 0.3) is 0 Å². The van der Waals surface area contributed by atoms with Crippen molar-refractivity contribution >= 4 is 0 Å². The Kier molecular flexibility index (Phi) is 5.68. The summed E-state index contributed by atoms with van der Waals surface area (Å²) in [6, 6.07) is 7.65. The highest BCUT2D eigenvalue weighted by Crippen LogP contribution is 2.34. The van der Waals surface area contributed by atoms with Crippen molar-refractivity contribution in [1.82, 2.24) is 0 Å². The fourth-order valence-electron chi connectivity index (χ4n) is 2.19. The predicted molar refractivity (Wildman–Crippen MR) is 77.3 cm³/mol. The van der Waals surface area contributed by atoms with Crippen LogP contribution in [0.5, 0.6) is 11.5 Å². The van der Waals surface area contributed by atoms with Gasteiger partial charge < -0.3 is 19.3 Å². The third kappa shape index (κ3) is 3.64. The van der Waals surface area contributed by atoms with Crippen LogP contribution in [-0.4, -0.2) is 36.6 Å². The zero-order valence-electron chi connectivity index (χ0n) is 12.2. The van der Waals surface area contributed by atoms with E-state index in [9.17, 15) is 5.11 Å². The summed E-state index contributed by atoms with van der Waals surface area (Å²) in [7, 11) is 0. The molecule has 112 valence electrons. The number of hydrogen-bond acceptors (Lipinski definition) is 4. The maximum Gasteiger partial charge on any atom is 0.161 e. The average Bonchev–Trinajstić information content (AvgIpc) is 2.46. The standard InChI is InChI=1S/C16H24O4/c1-3-9-18-13-7-5-6-8-14(13)20-15-11-12(17)16(15)19-10-4-2/h5-8,12,15-17H,3-4,9-11H2,1-2H3. The van der Waals surface area contributed by atoms with Gasteiger partial charge in [0, 0.05) is 13.0 Å². The lowest BCUT2D eigenvalue weighted by molar-refractivity contribution is -0.162. The highest BCUT2D eigenvalue weighted by Gasteiger charge is 2.43. The lowest BCUT2D eigenvalue weighted by atomic mass is 9.88. The largest absolute Gasteiger partial charge is 0.490 e. The van der Waals surface area contributed by atoms with Gasteiger partial charge in [0.1, 0.15) is 12.2 Å². The predicted octanol–water partition coefficient (Wildman–Crippen LogP) is 2.78. The van der Waals surface area contributed by atoms with Gasteiger partial charge in [-0.1, -0.05) is 26.0 Å². The van der Waals surface area contributed by atoms with Crippen LogP contribution >= 0.6 is 0 Å². The van der Waals surface area contributed by atoms with Gasteiger partial charge in [-0.2, -0.15) is 0 Å². The summed E-state index contributed by atoms with van der Waals surface area (Å²) in [6.45, 7) is 5.44. The summed E-state index contributed by atoms with van der Waals surface area (Å²) in [4.78, 5) is 0. The Balaban J connectivity index is 1.95. The second-order valence-corrected chi connectivity index (χ2v) is 5.09. The molecule has 1 aromatic carbocycles. The Morgan fingerprint density at radius 3 is 2.45 bits per heavy atom. The fourth-order valence-corrected chi connectivity index (χ4v) is 2.19. The monoisotopic (exact) mass is 280 g/mol. The molecule has 0 bridgehead atoms. The molecule has 1 saturated carbocycles. The van der Waals surface area contributed by atoms with E-state index in [1.165, 1.54) is 0 Å². The van der Waals surface area contributed by atoms with Gasteiger partial charge in [-0.25, -0.2) is 0 Å². The normalized spacial score (nSPS) is 25.1. The van der Waals surface area contributed by atoms with Gasteiger partial charge in [-0.15, -0.1) is 0 Å². The molecule has 0 heterocycles. The molecule has 4 heteroatoms. The third-order valence-electron chi connectivity index (χ3n) is 3.32. The van der Waals surface area contributed by atoms with Crippen LogP contribution in [0, 0.1) is 0 Å². The molecule has 0 saturated heterocycles. The SMILES string of the molecule is CCCOc1ccccc1OC1CC(O)C1OCCC. The van der Waals surface area contributed by atoms with E-state index in [0.717, 1.165) is 24.3 Å². The summed E-state index contributed by atoms with van der Waals surface area (Å²) in [5.41, 5.74) is 0. The molecule has 1 fully saturated rings. The number of hydrogen-bond donors (Lipinski definition) is 1. The summed E-state index contributed by atoms with van der Waals surface area (Å²) in [5, 5.41) is 9.76. The van der Waals surface area contributed by atoms with Crippen molar-refractivity contribution in [1.29, 1.82) is 0 Å². The molecule has 1 N–H and O–H groups in total. The highest BCUT2D eigenvalue weighted by molar-refractivity contribution is 5.39. The zero-order chi connectivity index (χ0) is 14.4. The number of aliphatic hydroxyl groups is 1. The van der Waals surface area contributed by atoms with Crippen LogP contribution in [0.15, 0.2) is 24.3 Å². The molecule has 3 atom stereocenters. The molecule has 0 aliphatic heterocycles. The van der Waals surface area contributed by atoms with Gasteiger partial charge in [0.2, 0.25) is 0 Å². The van der Waals surface area contributed by atoms with E-state index in [0.29, 0.717) is 19.6 Å². The third-order valence-corrected chi connectivity index (χ3v) is 3.32. The molecular weight excluding hydrogens is 256 g/mol. The second kappa shape index (κ2) is 7.50. The average molecular weight is 280 g/mol. The first-order valence-electron chi connectivity index (χ1n) is 7.44. The molecule has 0 amide bonds. The lowest BCUT2D eigenvalue weighted by Crippen LogP contribution is -2.55. The van der Waals surface area contributed by atoms with Crippen molar-refractivity contribution in [2.24, 2.45) is 0 Å². The molecule has 0 spiro atoms. The minimum atomic E-state index is -0.421. The van der Waals surface area contributed by atoms with Gasteiger partial charge in [-0.3, -0.25) is 0 Å². The molecule has 1 aromatic rings. The Bertz CT molecular complexity index is 407. The quantitative estimate of drug-likeness (QED) is 0.795. The van der Waals surface area contributed by atoms with E-state index in [4.69, 9.17) is 14.2 Å². The summed E-state index contributed by atoms with van der Waals surface area (Å²) in [5.74, 6) is 1.48. The van der Waals surface area contributed by atoms with E-state index in [-0.39, 0.29) is 12.2 Å². The van der Waals surface area contributed by atoms with Crippen molar-refractivity contribution in [3.05, 3.63) is 24.3 Å². The van der Waals surface area contributed by atoms with Crippen LogP contribution in [0.2, 0.25) is 0 Å². The minimum absolute atomic E-state index is 0.0945. The number of benzene rings is 1. The van der Waals surface area contributed by atoms with Gasteiger partial charge in [0.15, 0.2) is 11.5 Å². The minimum Gasteiger partial charge on any atom is -0.490 e. The van der Waals surface area contributed by atoms with E-state index in [2.05, 4.69) is 13.8 Å². The Morgan fingerprint density at radius 1 is 1.10 bits per heavy atom. The van der Waals surface area contributed by atoms with E-state index in [1.54, 1.807) is 0 Å². The molecule has 0 aromatic heterocycles. The Labute approximate surface area is 120 Å². The Morgan fingerprint density at radius 2 is 1.80 bits per heavy atom. The van der Waals surface area contributed by atoms with Gasteiger partial charge >= 0.3 is 0 Å². The first-order chi connectivity index (χ1) is 9.76.